The average molecular weight is 462 g/mol. The number of ketones is 1. The van der Waals surface area contributed by atoms with E-state index in [9.17, 15) is 9.59 Å². The minimum atomic E-state index is -0.0694. The topological polar surface area (TPSA) is 73.2 Å². The second kappa shape index (κ2) is 10.3. The zero-order valence-corrected chi connectivity index (χ0v) is 19.0. The van der Waals surface area contributed by atoms with Gasteiger partial charge in [0, 0.05) is 23.6 Å². The third kappa shape index (κ3) is 5.59. The Morgan fingerprint density at radius 2 is 1.73 bits per heavy atom. The van der Waals surface area contributed by atoms with Crippen molar-refractivity contribution in [2.75, 3.05) is 13.7 Å². The van der Waals surface area contributed by atoms with Gasteiger partial charge in [-0.3, -0.25) is 9.59 Å². The highest BCUT2D eigenvalue weighted by molar-refractivity contribution is 6.30. The number of hydrogen-bond acceptors (Lipinski definition) is 4. The summed E-state index contributed by atoms with van der Waals surface area (Å²) in [5.41, 5.74) is 3.21. The number of benzene rings is 3. The van der Waals surface area contributed by atoms with Crippen LogP contribution in [0, 0.1) is 0 Å². The molecule has 0 spiro atoms. The number of halogens is 1. The quantitative estimate of drug-likeness (QED) is 0.373. The van der Waals surface area contributed by atoms with Gasteiger partial charge in [0.15, 0.2) is 5.78 Å². The van der Waals surface area contributed by atoms with Crippen molar-refractivity contribution in [2.24, 2.45) is 0 Å². The summed E-state index contributed by atoms with van der Waals surface area (Å²) in [5, 5.41) is 3.54. The van der Waals surface area contributed by atoms with Crippen LogP contribution in [0.2, 0.25) is 5.02 Å². The van der Waals surface area contributed by atoms with Crippen LogP contribution in [-0.4, -0.2) is 34.9 Å². The van der Waals surface area contributed by atoms with E-state index >= 15 is 0 Å². The smallest absolute Gasteiger partial charge is 0.224 e. The first-order chi connectivity index (χ1) is 16.0. The van der Waals surface area contributed by atoms with Crippen molar-refractivity contribution in [3.63, 3.8) is 0 Å². The molecule has 0 aliphatic heterocycles. The third-order valence-corrected chi connectivity index (χ3v) is 5.65. The first-order valence-corrected chi connectivity index (χ1v) is 11.0. The Morgan fingerprint density at radius 1 is 1.00 bits per heavy atom. The molecular formula is C26H24ClN3O3. The molecule has 1 heterocycles. The molecule has 4 aromatic rings. The van der Waals surface area contributed by atoms with Crippen molar-refractivity contribution in [1.29, 1.82) is 0 Å². The van der Waals surface area contributed by atoms with Crippen molar-refractivity contribution >= 4 is 34.3 Å². The summed E-state index contributed by atoms with van der Waals surface area (Å²) in [6, 6.07) is 22.0. The Morgan fingerprint density at radius 3 is 2.45 bits per heavy atom. The van der Waals surface area contributed by atoms with Crippen molar-refractivity contribution < 1.29 is 14.3 Å². The van der Waals surface area contributed by atoms with Crippen molar-refractivity contribution in [3.8, 4) is 5.75 Å². The zero-order chi connectivity index (χ0) is 23.2. The van der Waals surface area contributed by atoms with Gasteiger partial charge in [-0.05, 0) is 54.1 Å². The molecular weight excluding hydrogens is 438 g/mol. The first kappa shape index (κ1) is 22.6. The fourth-order valence-corrected chi connectivity index (χ4v) is 3.79. The van der Waals surface area contributed by atoms with E-state index in [1.165, 1.54) is 0 Å². The number of methoxy groups -OCH3 is 1. The molecule has 0 aliphatic rings. The largest absolute Gasteiger partial charge is 0.497 e. The summed E-state index contributed by atoms with van der Waals surface area (Å²) >= 11 is 5.94. The number of nitrogens with one attached hydrogen (secondary N) is 1. The predicted octanol–water partition coefficient (Wildman–Crippen LogP) is 4.48. The molecule has 0 saturated carbocycles. The van der Waals surface area contributed by atoms with E-state index in [4.69, 9.17) is 21.3 Å². The van der Waals surface area contributed by atoms with Crippen LogP contribution in [0.25, 0.3) is 11.0 Å². The van der Waals surface area contributed by atoms with Gasteiger partial charge in [-0.25, -0.2) is 4.98 Å². The highest BCUT2D eigenvalue weighted by atomic mass is 35.5. The molecule has 3 aromatic carbocycles. The Balaban J connectivity index is 1.43. The lowest BCUT2D eigenvalue weighted by Crippen LogP contribution is -2.28. The van der Waals surface area contributed by atoms with E-state index < -0.39 is 0 Å². The number of rotatable bonds is 9. The predicted molar refractivity (Wildman–Crippen MR) is 129 cm³/mol. The molecule has 0 atom stereocenters. The molecule has 0 aliphatic carbocycles. The molecule has 0 saturated heterocycles. The number of Topliss-reactive ketones (excluding diaryl/α,β-unsaturated/α-hetero) is 1. The number of fused-ring (bicyclic) bond motifs is 1. The Labute approximate surface area is 197 Å². The SMILES string of the molecule is COc1ccc(CC(=O)NCCc2nc3ccccc3n2CC(=O)c2ccc(Cl)cc2)cc1. The van der Waals surface area contributed by atoms with Gasteiger partial charge in [0.05, 0.1) is 31.1 Å². The second-order valence-corrected chi connectivity index (χ2v) is 8.09. The number of amides is 1. The van der Waals surface area contributed by atoms with Crippen LogP contribution in [0.15, 0.2) is 72.8 Å². The molecule has 0 fully saturated rings. The van der Waals surface area contributed by atoms with Crippen LogP contribution < -0.4 is 10.1 Å². The normalized spacial score (nSPS) is 10.8. The molecule has 6 nitrogen and oxygen atoms in total. The van der Waals surface area contributed by atoms with E-state index in [1.54, 1.807) is 31.4 Å². The van der Waals surface area contributed by atoms with Crippen molar-refractivity contribution in [1.82, 2.24) is 14.9 Å². The fourth-order valence-electron chi connectivity index (χ4n) is 3.67. The molecule has 1 N–H and O–H groups in total. The van der Waals surface area contributed by atoms with Crippen LogP contribution >= 0.6 is 11.6 Å². The Hall–Kier alpha value is -3.64. The molecule has 168 valence electrons. The lowest BCUT2D eigenvalue weighted by atomic mass is 10.1. The van der Waals surface area contributed by atoms with Gasteiger partial charge in [-0.15, -0.1) is 0 Å². The second-order valence-electron chi connectivity index (χ2n) is 7.66. The summed E-state index contributed by atoms with van der Waals surface area (Å²) in [6.07, 6.45) is 0.798. The minimum Gasteiger partial charge on any atom is -0.497 e. The van der Waals surface area contributed by atoms with E-state index in [0.717, 1.165) is 28.2 Å². The summed E-state index contributed by atoms with van der Waals surface area (Å²) in [7, 11) is 1.61. The molecule has 0 unspecified atom stereocenters. The lowest BCUT2D eigenvalue weighted by Gasteiger charge is -2.10. The number of para-hydroxylation sites is 2. The fraction of sp³-hybridized carbons (Fsp3) is 0.192. The molecule has 7 heteroatoms. The van der Waals surface area contributed by atoms with Gasteiger partial charge in [0.2, 0.25) is 5.91 Å². The average Bonchev–Trinajstić information content (AvgIpc) is 3.17. The van der Waals surface area contributed by atoms with Gasteiger partial charge in [-0.2, -0.15) is 0 Å². The third-order valence-electron chi connectivity index (χ3n) is 5.40. The molecule has 1 amide bonds. The number of nitrogens with zero attached hydrogens (tertiary/aromatic N) is 2. The number of carbonyl (C=O) groups excluding carboxylic acids is 2. The summed E-state index contributed by atoms with van der Waals surface area (Å²) in [6.45, 7) is 0.588. The number of imidazole rings is 1. The minimum absolute atomic E-state index is 0.0281. The van der Waals surface area contributed by atoms with Gasteiger partial charge in [0.1, 0.15) is 11.6 Å². The van der Waals surface area contributed by atoms with E-state index in [2.05, 4.69) is 5.32 Å². The molecule has 4 rings (SSSR count). The van der Waals surface area contributed by atoms with E-state index in [-0.39, 0.29) is 24.7 Å². The summed E-state index contributed by atoms with van der Waals surface area (Å²) in [5.74, 6) is 1.41. The highest BCUT2D eigenvalue weighted by Gasteiger charge is 2.15. The summed E-state index contributed by atoms with van der Waals surface area (Å²) < 4.78 is 7.06. The van der Waals surface area contributed by atoms with Gasteiger partial charge >= 0.3 is 0 Å². The van der Waals surface area contributed by atoms with Crippen LogP contribution in [-0.2, 0) is 24.2 Å². The van der Waals surface area contributed by atoms with Gasteiger partial charge in [0.25, 0.3) is 0 Å². The zero-order valence-electron chi connectivity index (χ0n) is 18.3. The lowest BCUT2D eigenvalue weighted by molar-refractivity contribution is -0.120. The van der Waals surface area contributed by atoms with Crippen LogP contribution in [0.3, 0.4) is 0 Å². The highest BCUT2D eigenvalue weighted by Crippen LogP contribution is 2.18. The molecule has 0 radical (unpaired) electrons. The number of aromatic nitrogens is 2. The maximum Gasteiger partial charge on any atom is 0.224 e. The molecule has 1 aromatic heterocycles. The summed E-state index contributed by atoms with van der Waals surface area (Å²) in [4.78, 5) is 29.9. The number of ether oxygens (including phenoxy) is 1. The van der Waals surface area contributed by atoms with Crippen LogP contribution in [0.5, 0.6) is 5.75 Å². The standard InChI is InChI=1S/C26H24ClN3O3/c1-33-21-12-6-18(7-13-21)16-26(32)28-15-14-25-29-22-4-2-3-5-23(22)30(25)17-24(31)19-8-10-20(27)11-9-19/h2-13H,14-17H2,1H3,(H,28,32). The maximum atomic E-state index is 12.9. The number of carbonyl (C=O) groups is 2. The van der Waals surface area contributed by atoms with Crippen LogP contribution in [0.4, 0.5) is 0 Å². The molecule has 0 bridgehead atoms. The Bertz CT molecular complexity index is 1260. The molecule has 33 heavy (non-hydrogen) atoms. The van der Waals surface area contributed by atoms with E-state index in [0.29, 0.717) is 23.6 Å². The van der Waals surface area contributed by atoms with Gasteiger partial charge in [-0.1, -0.05) is 35.9 Å². The number of hydrogen-bond donors (Lipinski definition) is 1. The maximum absolute atomic E-state index is 12.9. The van der Waals surface area contributed by atoms with Crippen molar-refractivity contribution in [3.05, 3.63) is 94.8 Å². The first-order valence-electron chi connectivity index (χ1n) is 10.7. The van der Waals surface area contributed by atoms with Crippen LogP contribution in [0.1, 0.15) is 21.7 Å². The van der Waals surface area contributed by atoms with E-state index in [1.807, 2.05) is 53.1 Å². The van der Waals surface area contributed by atoms with Crippen molar-refractivity contribution in [2.45, 2.75) is 19.4 Å². The monoisotopic (exact) mass is 461 g/mol. The van der Waals surface area contributed by atoms with Gasteiger partial charge < -0.3 is 14.6 Å². The Kier molecular flexibility index (Phi) is 7.05.